The van der Waals surface area contributed by atoms with Crippen LogP contribution in [0.4, 0.5) is 5.69 Å². The molecule has 0 saturated carbocycles. The van der Waals surface area contributed by atoms with Gasteiger partial charge < -0.3 is 15.4 Å². The molecule has 2 amide bonds. The highest BCUT2D eigenvalue weighted by molar-refractivity contribution is 9.10. The molecule has 2 N–H and O–H groups in total. The Kier molecular flexibility index (Phi) is 10.7. The summed E-state index contributed by atoms with van der Waals surface area (Å²) in [6.45, 7) is 1.91. The van der Waals surface area contributed by atoms with Gasteiger partial charge in [0.05, 0.1) is 12.4 Å². The van der Waals surface area contributed by atoms with Crippen molar-refractivity contribution in [2.24, 2.45) is 0 Å². The maximum atomic E-state index is 13.2. The molecule has 0 heterocycles. The molecular formula is C28H25BrN2O5S. The topological polar surface area (TPSA) is 102 Å². The average Bonchev–Trinajstić information content (AvgIpc) is 2.88. The molecule has 3 aromatic rings. The van der Waals surface area contributed by atoms with Gasteiger partial charge in [-0.15, -0.1) is 11.8 Å². The number of ketones is 1. The van der Waals surface area contributed by atoms with Gasteiger partial charge in [0, 0.05) is 20.6 Å². The van der Waals surface area contributed by atoms with E-state index in [1.807, 2.05) is 24.3 Å². The van der Waals surface area contributed by atoms with Crippen molar-refractivity contribution in [3.8, 4) is 0 Å². The number of hydrogen-bond acceptors (Lipinski definition) is 6. The largest absolute Gasteiger partial charge is 0.466 e. The molecule has 0 aliphatic carbocycles. The van der Waals surface area contributed by atoms with E-state index in [0.717, 1.165) is 14.9 Å². The molecule has 3 rings (SSSR count). The van der Waals surface area contributed by atoms with Crippen molar-refractivity contribution < 1.29 is 23.9 Å². The number of halogens is 1. The zero-order valence-corrected chi connectivity index (χ0v) is 22.4. The predicted octanol–water partition coefficient (Wildman–Crippen LogP) is 5.47. The highest BCUT2D eigenvalue weighted by atomic mass is 79.9. The Balaban J connectivity index is 1.73. The fourth-order valence-electron chi connectivity index (χ4n) is 3.16. The normalized spacial score (nSPS) is 10.9. The lowest BCUT2D eigenvalue weighted by Crippen LogP contribution is -2.30. The van der Waals surface area contributed by atoms with Gasteiger partial charge in [0.25, 0.3) is 11.8 Å². The first-order valence-electron chi connectivity index (χ1n) is 11.4. The number of anilines is 1. The number of hydrogen-bond donors (Lipinski definition) is 2. The number of nitrogens with one attached hydrogen (secondary N) is 2. The Bertz CT molecular complexity index is 1310. The molecule has 0 aromatic heterocycles. The van der Waals surface area contributed by atoms with Gasteiger partial charge in [0.1, 0.15) is 12.1 Å². The minimum Gasteiger partial charge on any atom is -0.466 e. The molecule has 0 radical (unpaired) electrons. The van der Waals surface area contributed by atoms with Gasteiger partial charge in [-0.1, -0.05) is 52.3 Å². The standard InChI is InChI=1S/C28H25BrN2O5S/c1-2-36-26(33)17-23(32)18-37-24-13-7-12-22(16-24)30-28(35)25(15-19-8-6-11-21(29)14-19)31-27(34)20-9-4-3-5-10-20/h3-16H,2,17-18H2,1H3,(H,30,35)(H,31,34)/b25-15+. The lowest BCUT2D eigenvalue weighted by atomic mass is 10.1. The monoisotopic (exact) mass is 580 g/mol. The quantitative estimate of drug-likeness (QED) is 0.135. The summed E-state index contributed by atoms with van der Waals surface area (Å²) in [6, 6.07) is 22.9. The van der Waals surface area contributed by atoms with Crippen LogP contribution in [0.25, 0.3) is 6.08 Å². The first-order chi connectivity index (χ1) is 17.8. The van der Waals surface area contributed by atoms with E-state index in [1.54, 1.807) is 67.6 Å². The molecule has 37 heavy (non-hydrogen) atoms. The zero-order chi connectivity index (χ0) is 26.6. The number of benzene rings is 3. The second kappa shape index (κ2) is 14.2. The molecule has 9 heteroatoms. The summed E-state index contributed by atoms with van der Waals surface area (Å²) in [7, 11) is 0. The number of carbonyl (C=O) groups is 4. The molecule has 0 fully saturated rings. The lowest BCUT2D eigenvalue weighted by molar-refractivity contribution is -0.145. The lowest BCUT2D eigenvalue weighted by Gasteiger charge is -2.12. The van der Waals surface area contributed by atoms with Gasteiger partial charge in [0.2, 0.25) is 0 Å². The number of ether oxygens (including phenoxy) is 1. The molecule has 0 aliphatic heterocycles. The Morgan fingerprint density at radius 2 is 1.70 bits per heavy atom. The van der Waals surface area contributed by atoms with Crippen molar-refractivity contribution in [3.63, 3.8) is 0 Å². The summed E-state index contributed by atoms with van der Waals surface area (Å²) in [4.78, 5) is 50.2. The smallest absolute Gasteiger partial charge is 0.313 e. The molecule has 3 aromatic carbocycles. The van der Waals surface area contributed by atoms with Gasteiger partial charge in [-0.05, 0) is 61.0 Å². The molecular weight excluding hydrogens is 556 g/mol. The fourth-order valence-corrected chi connectivity index (χ4v) is 4.39. The summed E-state index contributed by atoms with van der Waals surface area (Å²) >= 11 is 4.67. The summed E-state index contributed by atoms with van der Waals surface area (Å²) in [6.07, 6.45) is 1.32. The fraction of sp³-hybridized carbons (Fsp3) is 0.143. The van der Waals surface area contributed by atoms with Crippen molar-refractivity contribution >= 4 is 63.0 Å². The van der Waals surface area contributed by atoms with Crippen LogP contribution in [0, 0.1) is 0 Å². The second-order valence-electron chi connectivity index (χ2n) is 7.72. The molecule has 0 spiro atoms. The third-order valence-electron chi connectivity index (χ3n) is 4.83. The van der Waals surface area contributed by atoms with Gasteiger partial charge >= 0.3 is 5.97 Å². The van der Waals surface area contributed by atoms with Crippen LogP contribution in [-0.2, 0) is 19.1 Å². The number of rotatable bonds is 11. The number of esters is 1. The van der Waals surface area contributed by atoms with Crippen molar-refractivity contribution in [1.82, 2.24) is 5.32 Å². The van der Waals surface area contributed by atoms with E-state index < -0.39 is 17.8 Å². The number of carbonyl (C=O) groups excluding carboxylic acids is 4. The minimum absolute atomic E-state index is 0.0645. The van der Waals surface area contributed by atoms with Crippen molar-refractivity contribution in [2.75, 3.05) is 17.7 Å². The molecule has 0 atom stereocenters. The van der Waals surface area contributed by atoms with E-state index in [1.165, 1.54) is 11.8 Å². The first-order valence-corrected chi connectivity index (χ1v) is 13.2. The number of Topliss-reactive ketones (excluding diaryl/α,β-unsaturated/α-hetero) is 1. The summed E-state index contributed by atoms with van der Waals surface area (Å²) in [5.74, 6) is -1.62. The summed E-state index contributed by atoms with van der Waals surface area (Å²) < 4.78 is 5.63. The van der Waals surface area contributed by atoms with Crippen LogP contribution in [0.5, 0.6) is 0 Å². The molecule has 7 nitrogen and oxygen atoms in total. The van der Waals surface area contributed by atoms with E-state index >= 15 is 0 Å². The van der Waals surface area contributed by atoms with Crippen LogP contribution in [-0.4, -0.2) is 35.9 Å². The van der Waals surface area contributed by atoms with Crippen molar-refractivity contribution in [2.45, 2.75) is 18.2 Å². The van der Waals surface area contributed by atoms with E-state index in [4.69, 9.17) is 4.74 Å². The van der Waals surface area contributed by atoms with Gasteiger partial charge in [-0.3, -0.25) is 19.2 Å². The van der Waals surface area contributed by atoms with E-state index in [9.17, 15) is 19.2 Å². The SMILES string of the molecule is CCOC(=O)CC(=O)CSc1cccc(NC(=O)/C(=C\c2cccc(Br)c2)NC(=O)c2ccccc2)c1. The maximum Gasteiger partial charge on any atom is 0.313 e. The molecule has 0 bridgehead atoms. The van der Waals surface area contributed by atoms with E-state index in [2.05, 4.69) is 26.6 Å². The van der Waals surface area contributed by atoms with Crippen LogP contribution >= 0.6 is 27.7 Å². The average molecular weight is 581 g/mol. The Hall–Kier alpha value is -3.69. The van der Waals surface area contributed by atoms with Crippen LogP contribution in [0.2, 0.25) is 0 Å². The molecule has 190 valence electrons. The number of thioether (sulfide) groups is 1. The Morgan fingerprint density at radius 3 is 2.43 bits per heavy atom. The second-order valence-corrected chi connectivity index (χ2v) is 9.69. The predicted molar refractivity (Wildman–Crippen MR) is 148 cm³/mol. The third-order valence-corrected chi connectivity index (χ3v) is 6.37. The highest BCUT2D eigenvalue weighted by Crippen LogP contribution is 2.23. The zero-order valence-electron chi connectivity index (χ0n) is 20.0. The van der Waals surface area contributed by atoms with Gasteiger partial charge in [-0.2, -0.15) is 0 Å². The summed E-state index contributed by atoms with van der Waals surface area (Å²) in [5.41, 5.74) is 1.69. The van der Waals surface area contributed by atoms with Gasteiger partial charge in [-0.25, -0.2) is 0 Å². The molecule has 0 aliphatic rings. The molecule has 0 saturated heterocycles. The van der Waals surface area contributed by atoms with Crippen molar-refractivity contribution in [1.29, 1.82) is 0 Å². The first kappa shape index (κ1) is 27.9. The third kappa shape index (κ3) is 9.36. The number of amides is 2. The van der Waals surface area contributed by atoms with E-state index in [0.29, 0.717) is 11.3 Å². The van der Waals surface area contributed by atoms with Crippen molar-refractivity contribution in [3.05, 3.63) is 100 Å². The Labute approximate surface area is 227 Å². The summed E-state index contributed by atoms with van der Waals surface area (Å²) in [5, 5.41) is 5.51. The van der Waals surface area contributed by atoms with Crippen LogP contribution in [0.15, 0.2) is 93.9 Å². The van der Waals surface area contributed by atoms with Crippen LogP contribution in [0.1, 0.15) is 29.3 Å². The Morgan fingerprint density at radius 1 is 0.946 bits per heavy atom. The van der Waals surface area contributed by atoms with Crippen LogP contribution < -0.4 is 10.6 Å². The van der Waals surface area contributed by atoms with Crippen LogP contribution in [0.3, 0.4) is 0 Å². The van der Waals surface area contributed by atoms with E-state index in [-0.39, 0.29) is 30.3 Å². The highest BCUT2D eigenvalue weighted by Gasteiger charge is 2.16. The van der Waals surface area contributed by atoms with Gasteiger partial charge in [0.15, 0.2) is 5.78 Å². The maximum absolute atomic E-state index is 13.2. The molecule has 0 unspecified atom stereocenters. The minimum atomic E-state index is -0.545.